The first-order chi connectivity index (χ1) is 3.93. The minimum Gasteiger partial charge on any atom is -0.240 e. The van der Waals surface area contributed by atoms with Crippen molar-refractivity contribution >= 4 is 34.4 Å². The molecule has 0 bridgehead atoms. The van der Waals surface area contributed by atoms with Crippen LogP contribution in [-0.2, 0) is 0 Å². The van der Waals surface area contributed by atoms with Gasteiger partial charge >= 0.3 is 0 Å². The van der Waals surface area contributed by atoms with Crippen molar-refractivity contribution in [2.24, 2.45) is 0 Å². The molecule has 0 spiro atoms. The van der Waals surface area contributed by atoms with E-state index < -0.39 is 0 Å². The summed E-state index contributed by atoms with van der Waals surface area (Å²) in [5, 5.41) is 0. The average molecular weight is 167 g/mol. The molecular formula is C4H9NS3. The lowest BCUT2D eigenvalue weighted by Crippen LogP contribution is -2.25. The predicted octanol–water partition coefficient (Wildman–Crippen LogP) is 1.53. The third-order valence-corrected chi connectivity index (χ3v) is 3.32. The van der Waals surface area contributed by atoms with Crippen molar-refractivity contribution in [1.82, 2.24) is 4.31 Å². The average Bonchev–Trinajstić information content (AvgIpc) is 1.90. The van der Waals surface area contributed by atoms with E-state index in [0.29, 0.717) is 0 Å². The van der Waals surface area contributed by atoms with Crippen LogP contribution in [0.2, 0.25) is 0 Å². The number of thiol groups is 1. The van der Waals surface area contributed by atoms with Gasteiger partial charge in [0.05, 0.1) is 0 Å². The van der Waals surface area contributed by atoms with Crippen LogP contribution in [0, 0.1) is 0 Å². The van der Waals surface area contributed by atoms with Crippen molar-refractivity contribution in [3.8, 4) is 0 Å². The highest BCUT2D eigenvalue weighted by Crippen LogP contribution is 2.19. The van der Waals surface area contributed by atoms with Gasteiger partial charge < -0.3 is 0 Å². The number of hydrogen-bond acceptors (Lipinski definition) is 4. The van der Waals surface area contributed by atoms with Crippen LogP contribution in [0.25, 0.3) is 0 Å². The third-order valence-electron chi connectivity index (χ3n) is 1.09. The molecule has 0 aliphatic carbocycles. The standard InChI is InChI=1S/C4H9NS3/c6-8-5-1-3-7-4-2-5/h6H,1-4H2. The lowest BCUT2D eigenvalue weighted by Gasteiger charge is -2.21. The molecule has 1 heterocycles. The number of rotatable bonds is 1. The summed E-state index contributed by atoms with van der Waals surface area (Å²) in [6, 6.07) is 0. The van der Waals surface area contributed by atoms with Gasteiger partial charge in [-0.2, -0.15) is 11.8 Å². The highest BCUT2D eigenvalue weighted by molar-refractivity contribution is 8.67. The molecule has 0 saturated carbocycles. The molecule has 4 heteroatoms. The van der Waals surface area contributed by atoms with E-state index >= 15 is 0 Å². The van der Waals surface area contributed by atoms with E-state index in [9.17, 15) is 0 Å². The van der Waals surface area contributed by atoms with Crippen molar-refractivity contribution in [2.75, 3.05) is 24.6 Å². The summed E-state index contributed by atoms with van der Waals surface area (Å²) in [4.78, 5) is 0. The molecule has 0 N–H and O–H groups in total. The maximum Gasteiger partial charge on any atom is 0.0188 e. The highest BCUT2D eigenvalue weighted by atomic mass is 33.1. The summed E-state index contributed by atoms with van der Waals surface area (Å²) in [5.41, 5.74) is 0. The molecule has 1 saturated heterocycles. The second-order valence-electron chi connectivity index (χ2n) is 1.62. The molecule has 1 nitrogen and oxygen atoms in total. The van der Waals surface area contributed by atoms with Crippen molar-refractivity contribution in [2.45, 2.75) is 0 Å². The van der Waals surface area contributed by atoms with Crippen LogP contribution in [0.1, 0.15) is 0 Å². The molecule has 0 amide bonds. The minimum atomic E-state index is 1.19. The second-order valence-corrected chi connectivity index (χ2v) is 4.02. The van der Waals surface area contributed by atoms with E-state index in [1.165, 1.54) is 24.6 Å². The third kappa shape index (κ3) is 2.09. The quantitative estimate of drug-likeness (QED) is 0.359. The molecule has 8 heavy (non-hydrogen) atoms. The van der Waals surface area contributed by atoms with Gasteiger partial charge in [0.15, 0.2) is 0 Å². The zero-order valence-corrected chi connectivity index (χ0v) is 7.07. The van der Waals surface area contributed by atoms with Crippen LogP contribution >= 0.6 is 34.4 Å². The van der Waals surface area contributed by atoms with Gasteiger partial charge in [0.1, 0.15) is 0 Å². The van der Waals surface area contributed by atoms with Crippen LogP contribution in [0.4, 0.5) is 0 Å². The van der Waals surface area contributed by atoms with Gasteiger partial charge in [0.25, 0.3) is 0 Å². The lowest BCUT2D eigenvalue weighted by atomic mass is 10.6. The summed E-state index contributed by atoms with van der Waals surface area (Å²) in [6.07, 6.45) is 0. The van der Waals surface area contributed by atoms with E-state index in [4.69, 9.17) is 0 Å². The maximum absolute atomic E-state index is 4.10. The van der Waals surface area contributed by atoms with Gasteiger partial charge in [-0.1, -0.05) is 11.7 Å². The van der Waals surface area contributed by atoms with Gasteiger partial charge in [-0.25, -0.2) is 4.31 Å². The Balaban J connectivity index is 2.13. The molecule has 0 atom stereocenters. The van der Waals surface area contributed by atoms with E-state index in [1.807, 2.05) is 11.8 Å². The van der Waals surface area contributed by atoms with E-state index in [2.05, 4.69) is 16.0 Å². The molecule has 48 valence electrons. The fourth-order valence-electron chi connectivity index (χ4n) is 0.628. The molecule has 0 unspecified atom stereocenters. The fraction of sp³-hybridized carbons (Fsp3) is 1.00. The van der Waals surface area contributed by atoms with Crippen LogP contribution in [-0.4, -0.2) is 28.9 Å². The zero-order valence-electron chi connectivity index (χ0n) is 4.54. The Hall–Kier alpha value is 1.01. The van der Waals surface area contributed by atoms with Crippen LogP contribution in [0.5, 0.6) is 0 Å². The van der Waals surface area contributed by atoms with E-state index in [1.54, 1.807) is 11.0 Å². The summed E-state index contributed by atoms with van der Waals surface area (Å²) in [6.45, 7) is 2.39. The first-order valence-electron chi connectivity index (χ1n) is 2.57. The van der Waals surface area contributed by atoms with Crippen LogP contribution in [0.15, 0.2) is 0 Å². The highest BCUT2D eigenvalue weighted by Gasteiger charge is 2.07. The summed E-state index contributed by atoms with van der Waals surface area (Å²) < 4.78 is 2.28. The summed E-state index contributed by atoms with van der Waals surface area (Å²) >= 11 is 6.12. The molecule has 1 aliphatic rings. The van der Waals surface area contributed by atoms with Gasteiger partial charge in [0, 0.05) is 24.6 Å². The SMILES string of the molecule is SSN1CCSCC1. The fourth-order valence-corrected chi connectivity index (χ4v) is 2.60. The predicted molar refractivity (Wildman–Crippen MR) is 45.5 cm³/mol. The van der Waals surface area contributed by atoms with Gasteiger partial charge in [0.2, 0.25) is 0 Å². The summed E-state index contributed by atoms with van der Waals surface area (Å²) in [5.74, 6) is 2.54. The molecule has 1 aliphatic heterocycles. The normalized spacial score (nSPS) is 23.6. The number of hydrogen-bond donors (Lipinski definition) is 1. The Kier molecular flexibility index (Phi) is 3.50. The Morgan fingerprint density at radius 2 is 2.00 bits per heavy atom. The smallest absolute Gasteiger partial charge is 0.0188 e. The van der Waals surface area contributed by atoms with Crippen molar-refractivity contribution in [3.05, 3.63) is 0 Å². The van der Waals surface area contributed by atoms with E-state index in [-0.39, 0.29) is 0 Å². The molecule has 0 aromatic heterocycles. The Labute approximate surface area is 63.5 Å². The number of nitrogens with zero attached hydrogens (tertiary/aromatic N) is 1. The molecule has 1 fully saturated rings. The van der Waals surface area contributed by atoms with Crippen molar-refractivity contribution in [1.29, 1.82) is 0 Å². The Morgan fingerprint density at radius 3 is 2.38 bits per heavy atom. The molecule has 0 radical (unpaired) electrons. The molecule has 0 aromatic rings. The molecule has 0 aromatic carbocycles. The minimum absolute atomic E-state index is 1.19. The van der Waals surface area contributed by atoms with E-state index in [0.717, 1.165) is 0 Å². The van der Waals surface area contributed by atoms with Crippen LogP contribution in [0.3, 0.4) is 0 Å². The Bertz CT molecular complexity index is 62.3. The molecular weight excluding hydrogens is 158 g/mol. The van der Waals surface area contributed by atoms with Gasteiger partial charge in [-0.3, -0.25) is 0 Å². The monoisotopic (exact) mass is 167 g/mol. The van der Waals surface area contributed by atoms with Gasteiger partial charge in [-0.15, -0.1) is 0 Å². The topological polar surface area (TPSA) is 3.24 Å². The summed E-state index contributed by atoms with van der Waals surface area (Å²) in [7, 11) is 1.56. The largest absolute Gasteiger partial charge is 0.240 e. The zero-order chi connectivity index (χ0) is 5.82. The van der Waals surface area contributed by atoms with Crippen molar-refractivity contribution < 1.29 is 0 Å². The second kappa shape index (κ2) is 3.93. The molecule has 1 rings (SSSR count). The van der Waals surface area contributed by atoms with Crippen molar-refractivity contribution in [3.63, 3.8) is 0 Å². The first-order valence-corrected chi connectivity index (χ1v) is 5.56. The van der Waals surface area contributed by atoms with Gasteiger partial charge in [-0.05, 0) is 11.0 Å². The first kappa shape index (κ1) is 7.12. The lowest BCUT2D eigenvalue weighted by molar-refractivity contribution is 0.527. The Morgan fingerprint density at radius 1 is 1.38 bits per heavy atom. The maximum atomic E-state index is 4.10. The van der Waals surface area contributed by atoms with Crippen LogP contribution < -0.4 is 0 Å². The number of thioether (sulfide) groups is 1.